The SMILES string of the molecule is CC[C@H]1C[C@@]2(N)C3CCC(CCCCOC(=O)NC4CCCCC4)[C@@]3(C)CC[C@@H]2[C@@]2(C)CCCC[C@@H]12. The largest absolute Gasteiger partial charge is 0.450 e. The molecular formula is C32H56N2O2. The molecule has 0 bridgehead atoms. The summed E-state index contributed by atoms with van der Waals surface area (Å²) in [7, 11) is 0. The van der Waals surface area contributed by atoms with Crippen LogP contribution in [0.25, 0.3) is 0 Å². The van der Waals surface area contributed by atoms with E-state index in [1.807, 2.05) is 0 Å². The van der Waals surface area contributed by atoms with Crippen molar-refractivity contribution in [3.8, 4) is 0 Å². The van der Waals surface area contributed by atoms with Gasteiger partial charge >= 0.3 is 6.09 Å². The van der Waals surface area contributed by atoms with Crippen LogP contribution in [0, 0.1) is 40.4 Å². The summed E-state index contributed by atoms with van der Waals surface area (Å²) in [4.78, 5) is 12.2. The average Bonchev–Trinajstić information content (AvgIpc) is 3.20. The summed E-state index contributed by atoms with van der Waals surface area (Å²) in [5.41, 5.74) is 8.60. The summed E-state index contributed by atoms with van der Waals surface area (Å²) in [6, 6.07) is 0.332. The zero-order valence-corrected chi connectivity index (χ0v) is 23.8. The highest BCUT2D eigenvalue weighted by molar-refractivity contribution is 5.67. The van der Waals surface area contributed by atoms with Gasteiger partial charge in [0.2, 0.25) is 0 Å². The second kappa shape index (κ2) is 10.8. The Balaban J connectivity index is 1.15. The Labute approximate surface area is 221 Å². The lowest BCUT2D eigenvalue weighted by Gasteiger charge is -2.67. The first kappa shape index (κ1) is 26.8. The van der Waals surface area contributed by atoms with Gasteiger partial charge < -0.3 is 15.8 Å². The molecule has 5 fully saturated rings. The van der Waals surface area contributed by atoms with Gasteiger partial charge in [-0.25, -0.2) is 4.79 Å². The number of nitrogens with one attached hydrogen (secondary N) is 1. The van der Waals surface area contributed by atoms with Crippen molar-refractivity contribution < 1.29 is 9.53 Å². The number of carbonyl (C=O) groups excluding carboxylic acids is 1. The predicted octanol–water partition coefficient (Wildman–Crippen LogP) is 7.98. The molecule has 0 aromatic heterocycles. The minimum Gasteiger partial charge on any atom is -0.450 e. The van der Waals surface area contributed by atoms with Gasteiger partial charge in [-0.2, -0.15) is 0 Å². The molecule has 1 amide bonds. The predicted molar refractivity (Wildman–Crippen MR) is 148 cm³/mol. The second-order valence-electron chi connectivity index (χ2n) is 14.4. The highest BCUT2D eigenvalue weighted by Crippen LogP contribution is 2.69. The third-order valence-electron chi connectivity index (χ3n) is 12.7. The summed E-state index contributed by atoms with van der Waals surface area (Å²) in [6.07, 6.45) is 23.0. The highest BCUT2D eigenvalue weighted by atomic mass is 16.5. The van der Waals surface area contributed by atoms with E-state index in [4.69, 9.17) is 10.5 Å². The van der Waals surface area contributed by atoms with Crippen LogP contribution in [0.5, 0.6) is 0 Å². The van der Waals surface area contributed by atoms with Crippen molar-refractivity contribution in [2.45, 2.75) is 148 Å². The molecule has 36 heavy (non-hydrogen) atoms. The molecule has 0 aromatic rings. The first-order valence-corrected chi connectivity index (χ1v) is 16.0. The summed E-state index contributed by atoms with van der Waals surface area (Å²) in [5.74, 6) is 3.95. The Morgan fingerprint density at radius 1 is 0.889 bits per heavy atom. The van der Waals surface area contributed by atoms with Crippen molar-refractivity contribution in [1.82, 2.24) is 5.32 Å². The number of rotatable bonds is 7. The minimum atomic E-state index is -0.199. The fraction of sp³-hybridized carbons (Fsp3) is 0.969. The zero-order valence-electron chi connectivity index (χ0n) is 23.8. The van der Waals surface area contributed by atoms with Crippen LogP contribution in [0.2, 0.25) is 0 Å². The van der Waals surface area contributed by atoms with E-state index in [0.29, 0.717) is 29.4 Å². The van der Waals surface area contributed by atoms with Crippen molar-refractivity contribution in [3.05, 3.63) is 0 Å². The Bertz CT molecular complexity index is 765. The van der Waals surface area contributed by atoms with Gasteiger partial charge in [0, 0.05) is 11.6 Å². The molecule has 206 valence electrons. The van der Waals surface area contributed by atoms with Gasteiger partial charge in [0.05, 0.1) is 6.61 Å². The van der Waals surface area contributed by atoms with Crippen molar-refractivity contribution >= 4 is 6.09 Å². The quantitative estimate of drug-likeness (QED) is 0.348. The van der Waals surface area contributed by atoms with Gasteiger partial charge in [0.1, 0.15) is 0 Å². The molecule has 0 radical (unpaired) electrons. The van der Waals surface area contributed by atoms with E-state index >= 15 is 0 Å². The Hall–Kier alpha value is -0.770. The molecule has 8 atom stereocenters. The molecule has 0 aromatic carbocycles. The normalized spacial score (nSPS) is 44.8. The first-order chi connectivity index (χ1) is 17.3. The molecule has 5 saturated carbocycles. The Morgan fingerprint density at radius 3 is 2.42 bits per heavy atom. The standard InChI is InChI=1S/C32H56N2O2/c1-4-23-22-32(33)27-17-16-24(12-9-11-21-36-29(35)34-25-13-6-5-7-14-25)30(27,2)20-18-28(32)31(3)19-10-8-15-26(23)31/h23-28H,4-22,33H2,1-3H3,(H,34,35)/t23-,24?,26-,27?,28+,30+,31-,32+/m0/s1. The minimum absolute atomic E-state index is 0.0470. The van der Waals surface area contributed by atoms with Crippen LogP contribution < -0.4 is 11.1 Å². The van der Waals surface area contributed by atoms with E-state index in [2.05, 4.69) is 26.1 Å². The van der Waals surface area contributed by atoms with Crippen LogP contribution in [0.15, 0.2) is 0 Å². The lowest BCUT2D eigenvalue weighted by atomic mass is 9.40. The molecule has 0 spiro atoms. The molecule has 3 N–H and O–H groups in total. The molecule has 2 unspecified atom stereocenters. The smallest absolute Gasteiger partial charge is 0.407 e. The van der Waals surface area contributed by atoms with Gasteiger partial charge in [-0.3, -0.25) is 0 Å². The van der Waals surface area contributed by atoms with E-state index in [1.54, 1.807) is 0 Å². The number of ether oxygens (including phenoxy) is 1. The van der Waals surface area contributed by atoms with E-state index in [0.717, 1.165) is 42.9 Å². The van der Waals surface area contributed by atoms with Crippen molar-refractivity contribution in [2.75, 3.05) is 6.61 Å². The number of nitrogens with two attached hydrogens (primary N) is 1. The molecule has 4 heteroatoms. The monoisotopic (exact) mass is 500 g/mol. The number of unbranched alkanes of at least 4 members (excludes halogenated alkanes) is 1. The number of carbonyl (C=O) groups is 1. The third-order valence-corrected chi connectivity index (χ3v) is 12.7. The number of hydrogen-bond donors (Lipinski definition) is 2. The molecule has 4 nitrogen and oxygen atoms in total. The third kappa shape index (κ3) is 4.75. The maximum Gasteiger partial charge on any atom is 0.407 e. The first-order valence-electron chi connectivity index (χ1n) is 16.0. The van der Waals surface area contributed by atoms with Crippen molar-refractivity contribution in [1.29, 1.82) is 0 Å². The van der Waals surface area contributed by atoms with Crippen LogP contribution >= 0.6 is 0 Å². The molecular weight excluding hydrogens is 444 g/mol. The highest BCUT2D eigenvalue weighted by Gasteiger charge is 2.66. The summed E-state index contributed by atoms with van der Waals surface area (Å²) in [5, 5.41) is 3.08. The van der Waals surface area contributed by atoms with Crippen LogP contribution in [0.3, 0.4) is 0 Å². The van der Waals surface area contributed by atoms with E-state index in [9.17, 15) is 4.79 Å². The number of amides is 1. The van der Waals surface area contributed by atoms with E-state index in [-0.39, 0.29) is 11.6 Å². The second-order valence-corrected chi connectivity index (χ2v) is 14.4. The average molecular weight is 501 g/mol. The number of hydrogen-bond acceptors (Lipinski definition) is 3. The molecule has 5 rings (SSSR count). The lowest BCUT2D eigenvalue weighted by Crippen LogP contribution is -2.69. The summed E-state index contributed by atoms with van der Waals surface area (Å²) >= 11 is 0. The van der Waals surface area contributed by atoms with Gasteiger partial charge in [0.25, 0.3) is 0 Å². The van der Waals surface area contributed by atoms with E-state index in [1.165, 1.54) is 96.3 Å². The fourth-order valence-electron chi connectivity index (χ4n) is 11.0. The topological polar surface area (TPSA) is 64.3 Å². The van der Waals surface area contributed by atoms with Gasteiger partial charge in [-0.05, 0) is 117 Å². The van der Waals surface area contributed by atoms with Crippen LogP contribution in [0.4, 0.5) is 4.79 Å². The molecule has 0 aliphatic heterocycles. The zero-order chi connectivity index (χ0) is 25.4. The van der Waals surface area contributed by atoms with Gasteiger partial charge in [0.15, 0.2) is 0 Å². The number of fused-ring (bicyclic) bond motifs is 5. The van der Waals surface area contributed by atoms with E-state index < -0.39 is 0 Å². The van der Waals surface area contributed by atoms with Gasteiger partial charge in [-0.1, -0.05) is 59.3 Å². The lowest BCUT2D eigenvalue weighted by molar-refractivity contribution is -0.149. The maximum atomic E-state index is 12.2. The van der Waals surface area contributed by atoms with Crippen LogP contribution in [0.1, 0.15) is 136 Å². The van der Waals surface area contributed by atoms with Crippen molar-refractivity contribution in [3.63, 3.8) is 0 Å². The maximum absolute atomic E-state index is 12.2. The van der Waals surface area contributed by atoms with Crippen molar-refractivity contribution in [2.24, 2.45) is 46.2 Å². The van der Waals surface area contributed by atoms with Crippen LogP contribution in [-0.2, 0) is 4.74 Å². The van der Waals surface area contributed by atoms with Gasteiger partial charge in [-0.15, -0.1) is 0 Å². The molecule has 0 heterocycles. The fourth-order valence-corrected chi connectivity index (χ4v) is 11.0. The number of alkyl carbamates (subject to hydrolysis) is 1. The molecule has 5 aliphatic rings. The molecule has 0 saturated heterocycles. The Kier molecular flexibility index (Phi) is 8.03. The van der Waals surface area contributed by atoms with Crippen LogP contribution in [-0.4, -0.2) is 24.3 Å². The molecule has 5 aliphatic carbocycles. The summed E-state index contributed by atoms with van der Waals surface area (Å²) in [6.45, 7) is 8.27. The Morgan fingerprint density at radius 2 is 1.64 bits per heavy atom. The summed E-state index contributed by atoms with van der Waals surface area (Å²) < 4.78 is 5.54.